The number of ether oxygens (including phenoxy) is 2. The Morgan fingerprint density at radius 3 is 2.44 bits per heavy atom. The zero-order chi connectivity index (χ0) is 23.7. The Kier molecular flexibility index (Phi) is 5.38. The number of H-pyrrole nitrogens is 1. The van der Waals surface area contributed by atoms with E-state index >= 15 is 0 Å². The number of fused-ring (bicyclic) bond motifs is 1. The van der Waals surface area contributed by atoms with Crippen LogP contribution in [0.4, 0.5) is 4.39 Å². The first-order valence-corrected chi connectivity index (χ1v) is 11.8. The molecule has 0 atom stereocenters. The number of sulfone groups is 1. The molecule has 34 heavy (non-hydrogen) atoms. The molecule has 0 aliphatic heterocycles. The van der Waals surface area contributed by atoms with Crippen LogP contribution in [0.1, 0.15) is 0 Å². The normalized spacial score (nSPS) is 11.5. The fourth-order valence-corrected chi connectivity index (χ4v) is 3.73. The van der Waals surface area contributed by atoms with Crippen molar-refractivity contribution >= 4 is 20.9 Å². The third-order valence-corrected chi connectivity index (χ3v) is 5.70. The zero-order valence-corrected chi connectivity index (χ0v) is 18.5. The van der Waals surface area contributed by atoms with Crippen molar-refractivity contribution in [2.75, 3.05) is 6.26 Å². The van der Waals surface area contributed by atoms with Gasteiger partial charge in [0.05, 0.1) is 11.7 Å². The van der Waals surface area contributed by atoms with E-state index in [9.17, 15) is 12.8 Å². The predicted molar refractivity (Wildman–Crippen MR) is 121 cm³/mol. The van der Waals surface area contributed by atoms with Gasteiger partial charge in [0.25, 0.3) is 5.95 Å². The molecule has 0 fully saturated rings. The molecule has 1 aromatic carbocycles. The molecule has 0 unspecified atom stereocenters. The van der Waals surface area contributed by atoms with Gasteiger partial charge in [-0.25, -0.2) is 23.4 Å². The number of pyridine rings is 3. The molecule has 1 N–H and O–H groups in total. The number of nitrogens with zero attached hydrogens (tertiary/aromatic N) is 4. The van der Waals surface area contributed by atoms with Crippen molar-refractivity contribution in [2.45, 2.75) is 5.03 Å². The van der Waals surface area contributed by atoms with E-state index < -0.39 is 15.8 Å². The predicted octanol–water partition coefficient (Wildman–Crippen LogP) is 4.54. The maximum absolute atomic E-state index is 14.2. The number of imidazole rings is 1. The van der Waals surface area contributed by atoms with Crippen LogP contribution in [0.25, 0.3) is 22.6 Å². The Hall–Kier alpha value is -4.38. The molecule has 0 saturated heterocycles. The summed E-state index contributed by atoms with van der Waals surface area (Å²) < 4.78 is 49.1. The highest BCUT2D eigenvalue weighted by Crippen LogP contribution is 2.36. The number of aromatic nitrogens is 5. The van der Waals surface area contributed by atoms with E-state index in [1.54, 1.807) is 36.5 Å². The fraction of sp³-hybridized carbons (Fsp3) is 0.0435. The Balaban J connectivity index is 1.57. The minimum atomic E-state index is -3.44. The van der Waals surface area contributed by atoms with Crippen molar-refractivity contribution in [3.05, 3.63) is 79.1 Å². The summed E-state index contributed by atoms with van der Waals surface area (Å²) in [6.45, 7) is 0. The molecule has 170 valence electrons. The second-order valence-electron chi connectivity index (χ2n) is 7.22. The standard InChI is InChI=1S/C23H16FN5O4S/c1-34(30,31)20-8-7-14(13-27-20)32-15-11-17-21(29-23(28-17)16-5-2-3-9-25-16)19(12-15)33-18-6-4-10-26-22(18)24/h2-13H,1H3,(H,28,29). The van der Waals surface area contributed by atoms with E-state index in [4.69, 9.17) is 9.47 Å². The van der Waals surface area contributed by atoms with Gasteiger partial charge in [-0.15, -0.1) is 0 Å². The van der Waals surface area contributed by atoms with Crippen molar-refractivity contribution in [2.24, 2.45) is 0 Å². The van der Waals surface area contributed by atoms with Crippen LogP contribution in [0.5, 0.6) is 23.0 Å². The van der Waals surface area contributed by atoms with Crippen molar-refractivity contribution in [3.8, 4) is 34.5 Å². The highest BCUT2D eigenvalue weighted by Gasteiger charge is 2.17. The van der Waals surface area contributed by atoms with Crippen molar-refractivity contribution < 1.29 is 22.3 Å². The van der Waals surface area contributed by atoms with Crippen molar-refractivity contribution in [1.82, 2.24) is 24.9 Å². The van der Waals surface area contributed by atoms with E-state index in [1.165, 1.54) is 30.6 Å². The van der Waals surface area contributed by atoms with Gasteiger partial charge in [-0.05, 0) is 36.4 Å². The topological polar surface area (TPSA) is 120 Å². The maximum atomic E-state index is 14.2. The van der Waals surface area contributed by atoms with Gasteiger partial charge in [-0.1, -0.05) is 6.07 Å². The number of nitrogens with one attached hydrogen (secondary N) is 1. The third-order valence-electron chi connectivity index (χ3n) is 4.70. The summed E-state index contributed by atoms with van der Waals surface area (Å²) in [5, 5.41) is -0.0695. The minimum Gasteiger partial charge on any atom is -0.456 e. The van der Waals surface area contributed by atoms with E-state index in [0.717, 1.165) is 6.26 Å². The molecule has 4 heterocycles. The van der Waals surface area contributed by atoms with Crippen LogP contribution in [-0.2, 0) is 9.84 Å². The first-order chi connectivity index (χ1) is 16.4. The molecule has 5 aromatic rings. The van der Waals surface area contributed by atoms with Crippen molar-refractivity contribution in [1.29, 1.82) is 0 Å². The molecule has 0 aliphatic rings. The number of rotatable bonds is 6. The van der Waals surface area contributed by atoms with Gasteiger partial charge >= 0.3 is 0 Å². The highest BCUT2D eigenvalue weighted by molar-refractivity contribution is 7.90. The smallest absolute Gasteiger partial charge is 0.255 e. The van der Waals surface area contributed by atoms with Crippen LogP contribution in [0.3, 0.4) is 0 Å². The number of aromatic amines is 1. The van der Waals surface area contributed by atoms with Crippen LogP contribution in [0, 0.1) is 5.95 Å². The average Bonchev–Trinajstić information content (AvgIpc) is 3.25. The number of halogens is 1. The van der Waals surface area contributed by atoms with Crippen LogP contribution in [0.2, 0.25) is 0 Å². The molecule has 4 aromatic heterocycles. The fourth-order valence-electron chi connectivity index (χ4n) is 3.17. The number of benzene rings is 1. The molecule has 0 spiro atoms. The van der Waals surface area contributed by atoms with Gasteiger partial charge in [0.1, 0.15) is 22.7 Å². The molecule has 9 nitrogen and oxygen atoms in total. The van der Waals surface area contributed by atoms with E-state index in [-0.39, 0.29) is 16.5 Å². The first kappa shape index (κ1) is 21.5. The molecule has 11 heteroatoms. The zero-order valence-electron chi connectivity index (χ0n) is 17.6. The molecular weight excluding hydrogens is 461 g/mol. The maximum Gasteiger partial charge on any atom is 0.255 e. The summed E-state index contributed by atoms with van der Waals surface area (Å²) in [5.41, 5.74) is 1.60. The summed E-state index contributed by atoms with van der Waals surface area (Å²) in [4.78, 5) is 19.6. The van der Waals surface area contributed by atoms with Crippen LogP contribution >= 0.6 is 0 Å². The second kappa shape index (κ2) is 8.52. The average molecular weight is 477 g/mol. The third kappa shape index (κ3) is 4.41. The Morgan fingerprint density at radius 1 is 0.882 bits per heavy atom. The van der Waals surface area contributed by atoms with Gasteiger partial charge in [0.15, 0.2) is 32.2 Å². The lowest BCUT2D eigenvalue weighted by atomic mass is 10.2. The second-order valence-corrected chi connectivity index (χ2v) is 9.18. The Bertz CT molecular complexity index is 1590. The number of hydrogen-bond acceptors (Lipinski definition) is 8. The molecular formula is C23H16FN5O4S. The van der Waals surface area contributed by atoms with E-state index in [1.807, 2.05) is 6.07 Å². The van der Waals surface area contributed by atoms with Crippen molar-refractivity contribution in [3.63, 3.8) is 0 Å². The minimum absolute atomic E-state index is 0.0695. The number of hydrogen-bond donors (Lipinski definition) is 1. The Morgan fingerprint density at radius 2 is 1.74 bits per heavy atom. The summed E-state index contributed by atoms with van der Waals surface area (Å²) in [7, 11) is -3.44. The van der Waals surface area contributed by atoms with E-state index in [0.29, 0.717) is 34.1 Å². The molecule has 5 rings (SSSR count). The SMILES string of the molecule is CS(=O)(=O)c1ccc(Oc2cc(Oc3cccnc3F)c3nc(-c4ccccn4)[nH]c3c2)cn1. The summed E-state index contributed by atoms with van der Waals surface area (Å²) in [6.07, 6.45) is 5.33. The summed E-state index contributed by atoms with van der Waals surface area (Å²) in [6, 6.07) is 14.5. The molecule has 0 bridgehead atoms. The summed E-state index contributed by atoms with van der Waals surface area (Å²) >= 11 is 0. The summed E-state index contributed by atoms with van der Waals surface area (Å²) in [5.74, 6) is 0.485. The van der Waals surface area contributed by atoms with Gasteiger partial charge in [0.2, 0.25) is 0 Å². The van der Waals surface area contributed by atoms with Crippen LogP contribution in [-0.4, -0.2) is 39.6 Å². The highest BCUT2D eigenvalue weighted by atomic mass is 32.2. The van der Waals surface area contributed by atoms with Crippen LogP contribution in [0.15, 0.2) is 78.2 Å². The molecule has 0 amide bonds. The van der Waals surface area contributed by atoms with Crippen LogP contribution < -0.4 is 9.47 Å². The van der Waals surface area contributed by atoms with Gasteiger partial charge in [-0.3, -0.25) is 4.98 Å². The lowest BCUT2D eigenvalue weighted by Gasteiger charge is -2.10. The van der Waals surface area contributed by atoms with Gasteiger partial charge in [0, 0.05) is 30.8 Å². The monoisotopic (exact) mass is 477 g/mol. The first-order valence-electron chi connectivity index (χ1n) is 9.94. The quantitative estimate of drug-likeness (QED) is 0.354. The van der Waals surface area contributed by atoms with Gasteiger partial charge in [-0.2, -0.15) is 4.39 Å². The van der Waals surface area contributed by atoms with E-state index in [2.05, 4.69) is 24.9 Å². The molecule has 0 aliphatic carbocycles. The molecule has 0 saturated carbocycles. The largest absolute Gasteiger partial charge is 0.456 e. The lowest BCUT2D eigenvalue weighted by molar-refractivity contribution is 0.426. The Labute approximate surface area is 193 Å². The lowest BCUT2D eigenvalue weighted by Crippen LogP contribution is -2.00. The molecule has 0 radical (unpaired) electrons. The van der Waals surface area contributed by atoms with Gasteiger partial charge < -0.3 is 14.5 Å².